The molecule has 2 atom stereocenters. The molecule has 0 aliphatic carbocycles. The average molecular weight is 261 g/mol. The Kier molecular flexibility index (Phi) is 4.32. The quantitative estimate of drug-likeness (QED) is 0.889. The van der Waals surface area contributed by atoms with E-state index in [1.165, 1.54) is 35.1 Å². The molecule has 0 aromatic heterocycles. The summed E-state index contributed by atoms with van der Waals surface area (Å²) in [6.45, 7) is 12.9. The van der Waals surface area contributed by atoms with Crippen molar-refractivity contribution in [1.82, 2.24) is 5.32 Å². The normalized spacial score (nSPS) is 24.7. The second-order valence-electron chi connectivity index (χ2n) is 6.30. The summed E-state index contributed by atoms with van der Waals surface area (Å²) in [7, 11) is 0. The molecule has 2 heteroatoms. The van der Waals surface area contributed by atoms with Crippen molar-refractivity contribution in [1.29, 1.82) is 0 Å². The van der Waals surface area contributed by atoms with E-state index in [1.54, 1.807) is 0 Å². The van der Waals surface area contributed by atoms with E-state index in [4.69, 9.17) is 4.74 Å². The van der Waals surface area contributed by atoms with E-state index in [1.807, 2.05) is 0 Å². The van der Waals surface area contributed by atoms with Crippen molar-refractivity contribution in [2.75, 3.05) is 13.2 Å². The van der Waals surface area contributed by atoms with Crippen molar-refractivity contribution in [2.45, 2.75) is 59.1 Å². The maximum Gasteiger partial charge on any atom is 0.0779 e. The van der Waals surface area contributed by atoms with Gasteiger partial charge in [-0.15, -0.1) is 0 Å². The van der Waals surface area contributed by atoms with Gasteiger partial charge in [0.05, 0.1) is 5.60 Å². The van der Waals surface area contributed by atoms with Gasteiger partial charge in [0.15, 0.2) is 0 Å². The summed E-state index contributed by atoms with van der Waals surface area (Å²) in [6, 6.07) is 4.98. The van der Waals surface area contributed by atoms with Gasteiger partial charge in [0.25, 0.3) is 0 Å². The van der Waals surface area contributed by atoms with Crippen LogP contribution in [0.3, 0.4) is 0 Å². The molecule has 0 amide bonds. The molecule has 0 radical (unpaired) electrons. The fourth-order valence-corrected chi connectivity index (χ4v) is 2.90. The Balaban J connectivity index is 2.03. The second kappa shape index (κ2) is 5.64. The minimum absolute atomic E-state index is 0.0297. The summed E-state index contributed by atoms with van der Waals surface area (Å²) in [4.78, 5) is 0. The van der Waals surface area contributed by atoms with Gasteiger partial charge in [0.1, 0.15) is 0 Å². The standard InChI is InChI=1S/C17H27NO/c1-12-9-14(3)16(10-13(12)2)15(4)18-11-17(5)7-6-8-19-17/h9-10,15,18H,6-8,11H2,1-5H3. The second-order valence-corrected chi connectivity index (χ2v) is 6.30. The summed E-state index contributed by atoms with van der Waals surface area (Å²) in [5, 5.41) is 3.64. The Morgan fingerprint density at radius 1 is 1.21 bits per heavy atom. The number of ether oxygens (including phenoxy) is 1. The molecule has 106 valence electrons. The van der Waals surface area contributed by atoms with Gasteiger partial charge >= 0.3 is 0 Å². The zero-order valence-corrected chi connectivity index (χ0v) is 13.0. The molecule has 2 nitrogen and oxygen atoms in total. The Morgan fingerprint density at radius 3 is 2.53 bits per heavy atom. The molecular formula is C17H27NO. The smallest absolute Gasteiger partial charge is 0.0779 e. The monoisotopic (exact) mass is 261 g/mol. The van der Waals surface area contributed by atoms with Crippen molar-refractivity contribution >= 4 is 0 Å². The third-order valence-electron chi connectivity index (χ3n) is 4.43. The van der Waals surface area contributed by atoms with Crippen molar-refractivity contribution in [2.24, 2.45) is 0 Å². The number of hydrogen-bond donors (Lipinski definition) is 1. The highest BCUT2D eigenvalue weighted by Gasteiger charge is 2.29. The van der Waals surface area contributed by atoms with E-state index in [-0.39, 0.29) is 5.60 Å². The van der Waals surface area contributed by atoms with Crippen LogP contribution in [-0.4, -0.2) is 18.8 Å². The molecule has 1 aromatic carbocycles. The lowest BCUT2D eigenvalue weighted by Crippen LogP contribution is -2.38. The number of hydrogen-bond acceptors (Lipinski definition) is 2. The number of rotatable bonds is 4. The van der Waals surface area contributed by atoms with E-state index in [0.29, 0.717) is 6.04 Å². The molecule has 2 unspecified atom stereocenters. The molecule has 1 aliphatic rings. The molecular weight excluding hydrogens is 234 g/mol. The van der Waals surface area contributed by atoms with Crippen LogP contribution in [0.2, 0.25) is 0 Å². The van der Waals surface area contributed by atoms with Crippen LogP contribution in [-0.2, 0) is 4.74 Å². The highest BCUT2D eigenvalue weighted by Crippen LogP contribution is 2.26. The first kappa shape index (κ1) is 14.5. The minimum atomic E-state index is 0.0297. The first-order valence-electron chi connectivity index (χ1n) is 7.36. The van der Waals surface area contributed by atoms with Crippen molar-refractivity contribution in [3.8, 4) is 0 Å². The van der Waals surface area contributed by atoms with E-state index in [9.17, 15) is 0 Å². The van der Waals surface area contributed by atoms with Gasteiger partial charge in [-0.2, -0.15) is 0 Å². The summed E-state index contributed by atoms with van der Waals surface area (Å²) in [5.74, 6) is 0. The maximum atomic E-state index is 5.84. The highest BCUT2D eigenvalue weighted by molar-refractivity contribution is 5.38. The summed E-state index contributed by atoms with van der Waals surface area (Å²) < 4.78 is 5.84. The summed E-state index contributed by atoms with van der Waals surface area (Å²) >= 11 is 0. The lowest BCUT2D eigenvalue weighted by atomic mass is 9.95. The van der Waals surface area contributed by atoms with Crippen molar-refractivity contribution in [3.05, 3.63) is 34.4 Å². The Bertz CT molecular complexity index is 447. The minimum Gasteiger partial charge on any atom is -0.374 e. The summed E-state index contributed by atoms with van der Waals surface area (Å²) in [6.07, 6.45) is 2.36. The van der Waals surface area contributed by atoms with Crippen molar-refractivity contribution < 1.29 is 4.74 Å². The molecule has 0 bridgehead atoms. The number of aryl methyl sites for hydroxylation is 3. The lowest BCUT2D eigenvalue weighted by Gasteiger charge is -2.27. The van der Waals surface area contributed by atoms with Gasteiger partial charge in [-0.25, -0.2) is 0 Å². The molecule has 1 heterocycles. The predicted octanol–water partition coefficient (Wildman–Crippen LogP) is 3.83. The van der Waals surface area contributed by atoms with Crippen LogP contribution in [0.1, 0.15) is 55.0 Å². The van der Waals surface area contributed by atoms with Crippen LogP contribution in [0.15, 0.2) is 12.1 Å². The van der Waals surface area contributed by atoms with Gasteiger partial charge in [0.2, 0.25) is 0 Å². The lowest BCUT2D eigenvalue weighted by molar-refractivity contribution is 0.0191. The molecule has 1 saturated heterocycles. The van der Waals surface area contributed by atoms with E-state index >= 15 is 0 Å². The maximum absolute atomic E-state index is 5.84. The molecule has 1 fully saturated rings. The average Bonchev–Trinajstić information content (AvgIpc) is 2.78. The molecule has 1 aliphatic heterocycles. The Hall–Kier alpha value is -0.860. The number of nitrogens with one attached hydrogen (secondary N) is 1. The first-order valence-corrected chi connectivity index (χ1v) is 7.36. The Morgan fingerprint density at radius 2 is 1.89 bits per heavy atom. The van der Waals surface area contributed by atoms with Crippen LogP contribution in [0.25, 0.3) is 0 Å². The fourth-order valence-electron chi connectivity index (χ4n) is 2.90. The number of benzene rings is 1. The molecule has 1 aromatic rings. The zero-order chi connectivity index (χ0) is 14.0. The van der Waals surface area contributed by atoms with Crippen LogP contribution in [0.5, 0.6) is 0 Å². The van der Waals surface area contributed by atoms with Gasteiger partial charge in [-0.05, 0) is 69.7 Å². The SMILES string of the molecule is Cc1cc(C)c(C(C)NCC2(C)CCCO2)cc1C. The van der Waals surface area contributed by atoms with Gasteiger partial charge in [0, 0.05) is 19.2 Å². The summed E-state index contributed by atoms with van der Waals surface area (Å²) in [5.41, 5.74) is 5.56. The molecule has 0 saturated carbocycles. The molecule has 2 rings (SSSR count). The zero-order valence-electron chi connectivity index (χ0n) is 13.0. The van der Waals surface area contributed by atoms with Crippen LogP contribution in [0, 0.1) is 20.8 Å². The third-order valence-corrected chi connectivity index (χ3v) is 4.43. The first-order chi connectivity index (χ1) is 8.91. The van der Waals surface area contributed by atoms with E-state index in [0.717, 1.165) is 13.2 Å². The predicted molar refractivity (Wildman–Crippen MR) is 80.7 cm³/mol. The van der Waals surface area contributed by atoms with Crippen LogP contribution >= 0.6 is 0 Å². The topological polar surface area (TPSA) is 21.3 Å². The molecule has 1 N–H and O–H groups in total. The van der Waals surface area contributed by atoms with Crippen LogP contribution < -0.4 is 5.32 Å². The van der Waals surface area contributed by atoms with E-state index in [2.05, 4.69) is 52.1 Å². The molecule has 19 heavy (non-hydrogen) atoms. The third kappa shape index (κ3) is 3.37. The van der Waals surface area contributed by atoms with E-state index < -0.39 is 0 Å². The highest BCUT2D eigenvalue weighted by atomic mass is 16.5. The largest absolute Gasteiger partial charge is 0.374 e. The molecule has 0 spiro atoms. The van der Waals surface area contributed by atoms with Crippen molar-refractivity contribution in [3.63, 3.8) is 0 Å². The van der Waals surface area contributed by atoms with Gasteiger partial charge in [-0.3, -0.25) is 0 Å². The van der Waals surface area contributed by atoms with Crippen LogP contribution in [0.4, 0.5) is 0 Å². The Labute approximate surface area is 117 Å². The van der Waals surface area contributed by atoms with Gasteiger partial charge < -0.3 is 10.1 Å². The van der Waals surface area contributed by atoms with Gasteiger partial charge in [-0.1, -0.05) is 12.1 Å². The fraction of sp³-hybridized carbons (Fsp3) is 0.647.